The highest BCUT2D eigenvalue weighted by atomic mass is 35.5. The Labute approximate surface area is 86.7 Å². The number of carbonyl (C=O) groups excluding carboxylic acids is 1. The van der Waals surface area contributed by atoms with Crippen LogP contribution >= 0.6 is 22.9 Å². The first kappa shape index (κ1) is 9.22. The number of thiophene rings is 1. The molecule has 0 spiro atoms. The van der Waals surface area contributed by atoms with E-state index in [1.165, 1.54) is 35.3 Å². The fourth-order valence-electron chi connectivity index (χ4n) is 1.87. The Morgan fingerprint density at radius 3 is 2.54 bits per heavy atom. The molecule has 0 saturated heterocycles. The van der Waals surface area contributed by atoms with Gasteiger partial charge in [0, 0.05) is 0 Å². The quantitative estimate of drug-likeness (QED) is 0.655. The lowest BCUT2D eigenvalue weighted by Gasteiger charge is -2.11. The van der Waals surface area contributed by atoms with Crippen LogP contribution in [0, 0.1) is 0 Å². The third-order valence-electron chi connectivity index (χ3n) is 2.49. The summed E-state index contributed by atoms with van der Waals surface area (Å²) in [7, 11) is 0. The van der Waals surface area contributed by atoms with Crippen LogP contribution in [0.25, 0.3) is 0 Å². The van der Waals surface area contributed by atoms with Gasteiger partial charge in [-0.25, -0.2) is 0 Å². The van der Waals surface area contributed by atoms with Crippen molar-refractivity contribution in [1.82, 2.24) is 0 Å². The fraction of sp³-hybridized carbons (Fsp3) is 0.500. The van der Waals surface area contributed by atoms with E-state index >= 15 is 0 Å². The van der Waals surface area contributed by atoms with Crippen LogP contribution in [0.1, 0.15) is 40.6 Å². The first-order chi connectivity index (χ1) is 6.20. The average molecular weight is 215 g/mol. The smallest absolute Gasteiger partial charge is 0.170 e. The number of rotatable bonds is 1. The molecule has 0 aliphatic heterocycles. The van der Waals surface area contributed by atoms with Crippen LogP contribution < -0.4 is 0 Å². The SMILES string of the molecule is CC(=O)c1sc(Cl)c2c1CCCC2. The molecule has 0 amide bonds. The largest absolute Gasteiger partial charge is 0.294 e. The Bertz CT molecular complexity index is 354. The van der Waals surface area contributed by atoms with Crippen LogP contribution in [-0.2, 0) is 12.8 Å². The highest BCUT2D eigenvalue weighted by Gasteiger charge is 2.21. The molecule has 0 atom stereocenters. The topological polar surface area (TPSA) is 17.1 Å². The monoisotopic (exact) mass is 214 g/mol. The molecule has 0 bridgehead atoms. The number of ketones is 1. The molecule has 3 heteroatoms. The molecule has 0 saturated carbocycles. The molecule has 1 heterocycles. The maximum atomic E-state index is 11.3. The summed E-state index contributed by atoms with van der Waals surface area (Å²) in [6, 6.07) is 0. The van der Waals surface area contributed by atoms with Crippen molar-refractivity contribution in [2.75, 3.05) is 0 Å². The zero-order valence-electron chi connectivity index (χ0n) is 7.52. The van der Waals surface area contributed by atoms with E-state index < -0.39 is 0 Å². The van der Waals surface area contributed by atoms with Crippen LogP contribution in [0.15, 0.2) is 0 Å². The van der Waals surface area contributed by atoms with Crippen molar-refractivity contribution >= 4 is 28.7 Å². The first-order valence-electron chi connectivity index (χ1n) is 4.51. The van der Waals surface area contributed by atoms with Crippen molar-refractivity contribution in [1.29, 1.82) is 0 Å². The van der Waals surface area contributed by atoms with Gasteiger partial charge < -0.3 is 0 Å². The third kappa shape index (κ3) is 1.53. The molecule has 70 valence electrons. The fourth-order valence-corrected chi connectivity index (χ4v) is 3.33. The van der Waals surface area contributed by atoms with Crippen molar-refractivity contribution < 1.29 is 4.79 Å². The lowest BCUT2D eigenvalue weighted by Crippen LogP contribution is -2.03. The lowest BCUT2D eigenvalue weighted by atomic mass is 9.93. The molecule has 1 aromatic heterocycles. The summed E-state index contributed by atoms with van der Waals surface area (Å²) in [6.45, 7) is 1.62. The number of hydrogen-bond acceptors (Lipinski definition) is 2. The Morgan fingerprint density at radius 2 is 1.92 bits per heavy atom. The second-order valence-electron chi connectivity index (χ2n) is 3.43. The molecular weight excluding hydrogens is 204 g/mol. The van der Waals surface area contributed by atoms with E-state index in [9.17, 15) is 4.79 Å². The van der Waals surface area contributed by atoms with E-state index in [2.05, 4.69) is 0 Å². The van der Waals surface area contributed by atoms with Gasteiger partial charge in [0.25, 0.3) is 0 Å². The van der Waals surface area contributed by atoms with Crippen LogP contribution in [0.5, 0.6) is 0 Å². The van der Waals surface area contributed by atoms with E-state index in [1.54, 1.807) is 6.92 Å². The van der Waals surface area contributed by atoms with Gasteiger partial charge in [0.15, 0.2) is 5.78 Å². The number of carbonyl (C=O) groups is 1. The van der Waals surface area contributed by atoms with Crippen LogP contribution in [0.2, 0.25) is 4.34 Å². The molecule has 13 heavy (non-hydrogen) atoms. The molecule has 0 aromatic carbocycles. The van der Waals surface area contributed by atoms with Gasteiger partial charge in [-0.3, -0.25) is 4.79 Å². The maximum absolute atomic E-state index is 11.3. The molecule has 1 nitrogen and oxygen atoms in total. The number of halogens is 1. The van der Waals surface area contributed by atoms with E-state index in [0.29, 0.717) is 0 Å². The highest BCUT2D eigenvalue weighted by Crippen LogP contribution is 2.37. The Morgan fingerprint density at radius 1 is 1.31 bits per heavy atom. The number of Topliss-reactive ketones (excluding diaryl/α,β-unsaturated/α-hetero) is 1. The normalized spacial score (nSPS) is 15.5. The zero-order chi connectivity index (χ0) is 9.42. The lowest BCUT2D eigenvalue weighted by molar-refractivity contribution is 0.102. The zero-order valence-corrected chi connectivity index (χ0v) is 9.10. The summed E-state index contributed by atoms with van der Waals surface area (Å²) >= 11 is 7.53. The summed E-state index contributed by atoms with van der Waals surface area (Å²) in [5.74, 6) is 0.162. The van der Waals surface area contributed by atoms with Crippen molar-refractivity contribution in [2.24, 2.45) is 0 Å². The van der Waals surface area contributed by atoms with Crippen molar-refractivity contribution in [3.8, 4) is 0 Å². The van der Waals surface area contributed by atoms with Gasteiger partial charge in [0.05, 0.1) is 9.21 Å². The van der Waals surface area contributed by atoms with Gasteiger partial charge >= 0.3 is 0 Å². The molecule has 0 radical (unpaired) electrons. The van der Waals surface area contributed by atoms with E-state index in [1.807, 2.05) is 0 Å². The summed E-state index contributed by atoms with van der Waals surface area (Å²) < 4.78 is 0.833. The Balaban J connectivity index is 2.53. The predicted molar refractivity (Wildman–Crippen MR) is 56.0 cm³/mol. The van der Waals surface area contributed by atoms with E-state index in [4.69, 9.17) is 11.6 Å². The van der Waals surface area contributed by atoms with E-state index in [-0.39, 0.29) is 5.78 Å². The van der Waals surface area contributed by atoms with Gasteiger partial charge in [-0.2, -0.15) is 0 Å². The molecule has 2 rings (SSSR count). The minimum absolute atomic E-state index is 0.162. The minimum Gasteiger partial charge on any atom is -0.294 e. The van der Waals surface area contributed by atoms with Crippen LogP contribution in [0.3, 0.4) is 0 Å². The van der Waals surface area contributed by atoms with Crippen molar-refractivity contribution in [3.63, 3.8) is 0 Å². The molecule has 1 aliphatic carbocycles. The standard InChI is InChI=1S/C10H11ClOS/c1-6(12)9-7-4-2-3-5-8(7)10(11)13-9/h2-5H2,1H3. The summed E-state index contributed by atoms with van der Waals surface area (Å²) in [4.78, 5) is 12.2. The predicted octanol–water partition coefficient (Wildman–Crippen LogP) is 3.48. The summed E-state index contributed by atoms with van der Waals surface area (Å²) in [5.41, 5.74) is 2.47. The molecular formula is C10H11ClOS. The van der Waals surface area contributed by atoms with Crippen LogP contribution in [-0.4, -0.2) is 5.78 Å². The summed E-state index contributed by atoms with van der Waals surface area (Å²) in [5, 5.41) is 0. The minimum atomic E-state index is 0.162. The maximum Gasteiger partial charge on any atom is 0.170 e. The average Bonchev–Trinajstić information content (AvgIpc) is 2.45. The highest BCUT2D eigenvalue weighted by molar-refractivity contribution is 7.18. The molecule has 0 fully saturated rings. The van der Waals surface area contributed by atoms with Gasteiger partial charge in [0.1, 0.15) is 0 Å². The van der Waals surface area contributed by atoms with E-state index in [0.717, 1.165) is 22.1 Å². The Kier molecular flexibility index (Phi) is 2.43. The van der Waals surface area contributed by atoms with Gasteiger partial charge in [-0.1, -0.05) is 11.6 Å². The van der Waals surface area contributed by atoms with Crippen molar-refractivity contribution in [3.05, 3.63) is 20.3 Å². The van der Waals surface area contributed by atoms with Crippen molar-refractivity contribution in [2.45, 2.75) is 32.6 Å². The number of hydrogen-bond donors (Lipinski definition) is 0. The summed E-state index contributed by atoms with van der Waals surface area (Å²) in [6.07, 6.45) is 4.49. The van der Waals surface area contributed by atoms with Crippen LogP contribution in [0.4, 0.5) is 0 Å². The Hall–Kier alpha value is -0.340. The first-order valence-corrected chi connectivity index (χ1v) is 5.70. The molecule has 0 unspecified atom stereocenters. The van der Waals surface area contributed by atoms with Gasteiger partial charge in [-0.15, -0.1) is 11.3 Å². The van der Waals surface area contributed by atoms with Gasteiger partial charge in [-0.05, 0) is 43.7 Å². The number of fused-ring (bicyclic) bond motifs is 1. The molecule has 1 aromatic rings. The molecule has 0 N–H and O–H groups in total. The second kappa shape index (κ2) is 3.43. The second-order valence-corrected chi connectivity index (χ2v) is 5.05. The molecule has 1 aliphatic rings. The van der Waals surface area contributed by atoms with Gasteiger partial charge in [0.2, 0.25) is 0 Å². The third-order valence-corrected chi connectivity index (χ3v) is 4.11.